The van der Waals surface area contributed by atoms with E-state index in [1.165, 1.54) is 11.8 Å². The lowest BCUT2D eigenvalue weighted by Gasteiger charge is -2.08. The van der Waals surface area contributed by atoms with Gasteiger partial charge >= 0.3 is 5.69 Å². The van der Waals surface area contributed by atoms with Crippen LogP contribution < -0.4 is 11.2 Å². The molecular formula is C16H14N2O2S. The molecule has 5 heteroatoms. The van der Waals surface area contributed by atoms with Crippen LogP contribution in [0.15, 0.2) is 62.0 Å². The lowest BCUT2D eigenvalue weighted by molar-refractivity contribution is 0.875. The molecule has 2 aromatic carbocycles. The summed E-state index contributed by atoms with van der Waals surface area (Å²) in [5, 5.41) is 2.85. The number of hydrogen-bond donors (Lipinski definition) is 2. The molecule has 0 unspecified atom stereocenters. The Morgan fingerprint density at radius 2 is 1.76 bits per heavy atom. The lowest BCUT2D eigenvalue weighted by atomic mass is 10.1. The fourth-order valence-corrected chi connectivity index (χ4v) is 3.46. The topological polar surface area (TPSA) is 65.7 Å². The number of benzene rings is 2. The van der Waals surface area contributed by atoms with Gasteiger partial charge in [0.25, 0.3) is 5.56 Å². The first-order valence-corrected chi connectivity index (χ1v) is 7.52. The van der Waals surface area contributed by atoms with Gasteiger partial charge in [0.15, 0.2) is 0 Å². The predicted molar refractivity (Wildman–Crippen MR) is 85.1 cm³/mol. The third-order valence-corrected chi connectivity index (χ3v) is 4.45. The van der Waals surface area contributed by atoms with Crippen LogP contribution in [0.25, 0.3) is 10.8 Å². The molecule has 1 heterocycles. The number of H-pyrrole nitrogens is 2. The Hall–Kier alpha value is -2.27. The molecule has 0 saturated heterocycles. The molecule has 3 aromatic rings. The number of nitrogens with one attached hydrogen (secondary N) is 2. The van der Waals surface area contributed by atoms with Crippen LogP contribution in [-0.4, -0.2) is 9.97 Å². The molecule has 0 radical (unpaired) electrons. The van der Waals surface area contributed by atoms with Crippen LogP contribution in [-0.2, 0) is 6.42 Å². The van der Waals surface area contributed by atoms with Crippen LogP contribution in [0, 0.1) is 0 Å². The Labute approximate surface area is 125 Å². The second-order valence-electron chi connectivity index (χ2n) is 4.65. The maximum absolute atomic E-state index is 11.9. The average Bonchev–Trinajstić information content (AvgIpc) is 2.47. The molecule has 0 aliphatic heterocycles. The largest absolute Gasteiger partial charge is 0.326 e. The van der Waals surface area contributed by atoms with Crippen molar-refractivity contribution in [2.45, 2.75) is 23.3 Å². The van der Waals surface area contributed by atoms with Crippen molar-refractivity contribution >= 4 is 22.5 Å². The van der Waals surface area contributed by atoms with Crippen molar-refractivity contribution < 1.29 is 0 Å². The molecule has 0 saturated carbocycles. The van der Waals surface area contributed by atoms with Gasteiger partial charge in [-0.3, -0.25) is 9.78 Å². The maximum Gasteiger partial charge on any atom is 0.326 e. The molecule has 0 spiro atoms. The fourth-order valence-electron chi connectivity index (χ4n) is 2.29. The van der Waals surface area contributed by atoms with Crippen molar-refractivity contribution in [1.82, 2.24) is 9.97 Å². The van der Waals surface area contributed by atoms with Crippen LogP contribution >= 0.6 is 11.8 Å². The summed E-state index contributed by atoms with van der Waals surface area (Å²) in [5.74, 6) is 0. The number of aromatic amines is 2. The Balaban J connectivity index is 2.15. The zero-order chi connectivity index (χ0) is 14.8. The molecule has 0 aliphatic carbocycles. The third kappa shape index (κ3) is 2.64. The molecule has 2 N–H and O–H groups in total. The van der Waals surface area contributed by atoms with Crippen molar-refractivity contribution in [3.8, 4) is 0 Å². The van der Waals surface area contributed by atoms with Crippen LogP contribution in [0.3, 0.4) is 0 Å². The van der Waals surface area contributed by atoms with Gasteiger partial charge in [0.05, 0.1) is 5.03 Å². The van der Waals surface area contributed by atoms with Gasteiger partial charge in [-0.25, -0.2) is 4.79 Å². The molecule has 3 rings (SSSR count). The van der Waals surface area contributed by atoms with E-state index >= 15 is 0 Å². The minimum Gasteiger partial charge on any atom is -0.301 e. The molecule has 0 atom stereocenters. The van der Waals surface area contributed by atoms with Crippen molar-refractivity contribution in [1.29, 1.82) is 0 Å². The zero-order valence-corrected chi connectivity index (χ0v) is 12.3. The Morgan fingerprint density at radius 3 is 2.57 bits per heavy atom. The van der Waals surface area contributed by atoms with Crippen molar-refractivity contribution in [2.75, 3.05) is 0 Å². The third-order valence-electron chi connectivity index (χ3n) is 3.32. The summed E-state index contributed by atoms with van der Waals surface area (Å²) >= 11 is 1.42. The van der Waals surface area contributed by atoms with E-state index in [0.29, 0.717) is 17.0 Å². The number of hydrogen-bond acceptors (Lipinski definition) is 3. The second kappa shape index (κ2) is 5.61. The van der Waals surface area contributed by atoms with E-state index in [9.17, 15) is 9.59 Å². The molecule has 4 nitrogen and oxygen atoms in total. The molecule has 0 bridgehead atoms. The summed E-state index contributed by atoms with van der Waals surface area (Å²) in [6, 6.07) is 14.1. The van der Waals surface area contributed by atoms with Crippen molar-refractivity contribution in [2.24, 2.45) is 0 Å². The smallest absolute Gasteiger partial charge is 0.301 e. The Kier molecular flexibility index (Phi) is 3.66. The zero-order valence-electron chi connectivity index (χ0n) is 11.5. The van der Waals surface area contributed by atoms with E-state index in [1.54, 1.807) is 0 Å². The minimum absolute atomic E-state index is 0.316. The number of rotatable bonds is 3. The highest BCUT2D eigenvalue weighted by Crippen LogP contribution is 2.32. The molecule has 0 aliphatic rings. The van der Waals surface area contributed by atoms with Gasteiger partial charge in [-0.1, -0.05) is 55.1 Å². The minimum atomic E-state index is -0.472. The van der Waals surface area contributed by atoms with Crippen molar-refractivity contribution in [3.63, 3.8) is 0 Å². The van der Waals surface area contributed by atoms with Crippen LogP contribution in [0.5, 0.6) is 0 Å². The maximum atomic E-state index is 11.9. The molecule has 1 aromatic heterocycles. The highest BCUT2D eigenvalue weighted by atomic mass is 32.2. The standard InChI is InChI=1S/C16H14N2O2S/c1-2-11-14(19)17-16(20)18-15(11)21-13-9-5-7-10-6-3-4-8-12(10)13/h3-9H,2H2,1H3,(H2,17,18,19,20). The SMILES string of the molecule is CCc1c(Sc2cccc3ccccc23)[nH]c(=O)[nH]c1=O. The summed E-state index contributed by atoms with van der Waals surface area (Å²) in [6.07, 6.45) is 0.569. The molecular weight excluding hydrogens is 284 g/mol. The van der Waals surface area contributed by atoms with E-state index < -0.39 is 5.69 Å². The van der Waals surface area contributed by atoms with E-state index in [1.807, 2.05) is 49.4 Å². The highest BCUT2D eigenvalue weighted by Gasteiger charge is 2.10. The molecule has 21 heavy (non-hydrogen) atoms. The van der Waals surface area contributed by atoms with Crippen LogP contribution in [0.2, 0.25) is 0 Å². The highest BCUT2D eigenvalue weighted by molar-refractivity contribution is 7.99. The lowest BCUT2D eigenvalue weighted by Crippen LogP contribution is -2.26. The average molecular weight is 298 g/mol. The van der Waals surface area contributed by atoms with Gasteiger partial charge < -0.3 is 4.98 Å². The van der Waals surface area contributed by atoms with Gasteiger partial charge in [-0.15, -0.1) is 0 Å². The summed E-state index contributed by atoms with van der Waals surface area (Å²) in [6.45, 7) is 1.90. The first kappa shape index (κ1) is 13.7. The Bertz CT molecular complexity index is 907. The predicted octanol–water partition coefficient (Wildman–Crippen LogP) is 2.93. The van der Waals surface area contributed by atoms with Crippen LogP contribution in [0.1, 0.15) is 12.5 Å². The molecule has 0 amide bonds. The summed E-state index contributed by atoms with van der Waals surface area (Å²) in [7, 11) is 0. The Morgan fingerprint density at radius 1 is 1.00 bits per heavy atom. The quantitative estimate of drug-likeness (QED) is 0.731. The number of fused-ring (bicyclic) bond motifs is 1. The van der Waals surface area contributed by atoms with Crippen LogP contribution in [0.4, 0.5) is 0 Å². The monoisotopic (exact) mass is 298 g/mol. The summed E-state index contributed by atoms with van der Waals surface area (Å²) in [5.41, 5.74) is -0.184. The summed E-state index contributed by atoms with van der Waals surface area (Å²) < 4.78 is 0. The van der Waals surface area contributed by atoms with Gasteiger partial charge in [0, 0.05) is 10.5 Å². The van der Waals surface area contributed by atoms with E-state index in [-0.39, 0.29) is 5.56 Å². The van der Waals surface area contributed by atoms with E-state index in [2.05, 4.69) is 9.97 Å². The van der Waals surface area contributed by atoms with E-state index in [0.717, 1.165) is 15.7 Å². The fraction of sp³-hybridized carbons (Fsp3) is 0.125. The van der Waals surface area contributed by atoms with E-state index in [4.69, 9.17) is 0 Å². The number of aromatic nitrogens is 2. The first-order valence-electron chi connectivity index (χ1n) is 6.70. The van der Waals surface area contributed by atoms with Gasteiger partial charge in [0.1, 0.15) is 0 Å². The summed E-state index contributed by atoms with van der Waals surface area (Å²) in [4.78, 5) is 29.4. The molecule has 0 fully saturated rings. The van der Waals surface area contributed by atoms with Gasteiger partial charge in [-0.2, -0.15) is 0 Å². The second-order valence-corrected chi connectivity index (χ2v) is 5.70. The first-order chi connectivity index (χ1) is 10.2. The normalized spacial score (nSPS) is 10.9. The van der Waals surface area contributed by atoms with Gasteiger partial charge in [-0.05, 0) is 23.3 Å². The molecule has 106 valence electrons. The van der Waals surface area contributed by atoms with Crippen molar-refractivity contribution in [3.05, 3.63) is 68.9 Å². The van der Waals surface area contributed by atoms with Gasteiger partial charge in [0.2, 0.25) is 0 Å².